The SMILES string of the molecule is CCCCOC(=O)CN(CC)C1CCNC1. The fourth-order valence-corrected chi connectivity index (χ4v) is 1.99. The Labute approximate surface area is 98.3 Å². The van der Waals surface area contributed by atoms with Gasteiger partial charge in [0.1, 0.15) is 0 Å². The Hall–Kier alpha value is -0.610. The molecule has 1 aliphatic heterocycles. The number of carbonyl (C=O) groups is 1. The van der Waals surface area contributed by atoms with Gasteiger partial charge in [-0.05, 0) is 25.9 Å². The number of nitrogens with one attached hydrogen (secondary N) is 1. The van der Waals surface area contributed by atoms with Crippen LogP contribution in [0.3, 0.4) is 0 Å². The molecule has 1 fully saturated rings. The third-order valence-corrected chi connectivity index (χ3v) is 3.05. The summed E-state index contributed by atoms with van der Waals surface area (Å²) in [6.45, 7) is 8.16. The van der Waals surface area contributed by atoms with Crippen LogP contribution >= 0.6 is 0 Å². The lowest BCUT2D eigenvalue weighted by Gasteiger charge is -2.25. The van der Waals surface area contributed by atoms with Crippen molar-refractivity contribution in [3.05, 3.63) is 0 Å². The number of esters is 1. The van der Waals surface area contributed by atoms with E-state index in [9.17, 15) is 4.79 Å². The first-order chi connectivity index (χ1) is 7.77. The van der Waals surface area contributed by atoms with Gasteiger partial charge in [0.15, 0.2) is 0 Å². The second kappa shape index (κ2) is 7.63. The zero-order chi connectivity index (χ0) is 11.8. The molecule has 16 heavy (non-hydrogen) atoms. The van der Waals surface area contributed by atoms with Crippen molar-refractivity contribution in [2.24, 2.45) is 0 Å². The molecule has 1 rings (SSSR count). The van der Waals surface area contributed by atoms with Crippen LogP contribution in [0.2, 0.25) is 0 Å². The fraction of sp³-hybridized carbons (Fsp3) is 0.917. The molecule has 0 amide bonds. The molecule has 1 unspecified atom stereocenters. The molecular formula is C12H24N2O2. The molecule has 1 heterocycles. The van der Waals surface area contributed by atoms with E-state index >= 15 is 0 Å². The van der Waals surface area contributed by atoms with Gasteiger partial charge in [-0.25, -0.2) is 0 Å². The minimum Gasteiger partial charge on any atom is -0.465 e. The van der Waals surface area contributed by atoms with Gasteiger partial charge in [0.2, 0.25) is 0 Å². The van der Waals surface area contributed by atoms with E-state index in [1.807, 2.05) is 0 Å². The quantitative estimate of drug-likeness (QED) is 0.522. The minimum absolute atomic E-state index is 0.0813. The predicted molar refractivity (Wildman–Crippen MR) is 64.4 cm³/mol. The van der Waals surface area contributed by atoms with Crippen LogP contribution < -0.4 is 5.32 Å². The van der Waals surface area contributed by atoms with Gasteiger partial charge in [0.25, 0.3) is 0 Å². The molecule has 4 nitrogen and oxygen atoms in total. The van der Waals surface area contributed by atoms with Gasteiger partial charge >= 0.3 is 5.97 Å². The molecule has 0 aromatic rings. The molecule has 0 bridgehead atoms. The largest absolute Gasteiger partial charge is 0.465 e. The number of unbranched alkanes of at least 4 members (excludes halogenated alkanes) is 1. The second-order valence-corrected chi connectivity index (χ2v) is 4.28. The van der Waals surface area contributed by atoms with Crippen LogP contribution in [0.15, 0.2) is 0 Å². The highest BCUT2D eigenvalue weighted by molar-refractivity contribution is 5.71. The smallest absolute Gasteiger partial charge is 0.320 e. The van der Waals surface area contributed by atoms with Crippen molar-refractivity contribution in [2.75, 3.05) is 32.8 Å². The molecule has 1 atom stereocenters. The molecule has 0 aromatic heterocycles. The van der Waals surface area contributed by atoms with Crippen LogP contribution in [0, 0.1) is 0 Å². The third-order valence-electron chi connectivity index (χ3n) is 3.05. The van der Waals surface area contributed by atoms with Crippen molar-refractivity contribution in [3.63, 3.8) is 0 Å². The van der Waals surface area contributed by atoms with Crippen molar-refractivity contribution < 1.29 is 9.53 Å². The van der Waals surface area contributed by atoms with E-state index in [2.05, 4.69) is 24.1 Å². The van der Waals surface area contributed by atoms with Crippen LogP contribution in [-0.2, 0) is 9.53 Å². The van der Waals surface area contributed by atoms with Gasteiger partial charge in [-0.3, -0.25) is 9.69 Å². The van der Waals surface area contributed by atoms with Crippen molar-refractivity contribution in [2.45, 2.75) is 39.2 Å². The van der Waals surface area contributed by atoms with Crippen LogP contribution in [0.25, 0.3) is 0 Å². The molecule has 1 aliphatic rings. The standard InChI is InChI=1S/C12H24N2O2/c1-3-5-8-16-12(15)10-14(4-2)11-6-7-13-9-11/h11,13H,3-10H2,1-2H3. The topological polar surface area (TPSA) is 41.6 Å². The Bertz CT molecular complexity index is 203. The van der Waals surface area contributed by atoms with Crippen molar-refractivity contribution in [1.29, 1.82) is 0 Å². The maximum absolute atomic E-state index is 11.6. The van der Waals surface area contributed by atoms with Gasteiger partial charge in [0.05, 0.1) is 13.2 Å². The first-order valence-electron chi connectivity index (χ1n) is 6.38. The van der Waals surface area contributed by atoms with Crippen LogP contribution in [0.4, 0.5) is 0 Å². The van der Waals surface area contributed by atoms with Crippen molar-refractivity contribution in [1.82, 2.24) is 10.2 Å². The number of nitrogens with zero attached hydrogens (tertiary/aromatic N) is 1. The Morgan fingerprint density at radius 3 is 2.88 bits per heavy atom. The lowest BCUT2D eigenvalue weighted by molar-refractivity contribution is -0.145. The number of ether oxygens (including phenoxy) is 1. The van der Waals surface area contributed by atoms with Gasteiger partial charge in [-0.15, -0.1) is 0 Å². The molecule has 0 radical (unpaired) electrons. The molecule has 0 aliphatic carbocycles. The normalized spacial score (nSPS) is 20.3. The Morgan fingerprint density at radius 2 is 2.31 bits per heavy atom. The molecule has 94 valence electrons. The lowest BCUT2D eigenvalue weighted by Crippen LogP contribution is -2.40. The number of hydrogen-bond donors (Lipinski definition) is 1. The molecule has 0 spiro atoms. The molecule has 4 heteroatoms. The van der Waals surface area contributed by atoms with Crippen LogP contribution in [0.1, 0.15) is 33.1 Å². The van der Waals surface area contributed by atoms with E-state index in [0.29, 0.717) is 19.2 Å². The highest BCUT2D eigenvalue weighted by Crippen LogP contribution is 2.08. The summed E-state index contributed by atoms with van der Waals surface area (Å²) >= 11 is 0. The van der Waals surface area contributed by atoms with E-state index in [1.54, 1.807) is 0 Å². The van der Waals surface area contributed by atoms with E-state index < -0.39 is 0 Å². The van der Waals surface area contributed by atoms with E-state index in [4.69, 9.17) is 4.74 Å². The molecule has 0 aromatic carbocycles. The zero-order valence-corrected chi connectivity index (χ0v) is 10.5. The average Bonchev–Trinajstić information content (AvgIpc) is 2.79. The summed E-state index contributed by atoms with van der Waals surface area (Å²) in [5, 5.41) is 3.32. The van der Waals surface area contributed by atoms with Crippen LogP contribution in [-0.4, -0.2) is 49.7 Å². The number of rotatable bonds is 7. The summed E-state index contributed by atoms with van der Waals surface area (Å²) < 4.78 is 5.17. The maximum Gasteiger partial charge on any atom is 0.320 e. The zero-order valence-electron chi connectivity index (χ0n) is 10.5. The summed E-state index contributed by atoms with van der Waals surface area (Å²) in [5.74, 6) is -0.0813. The summed E-state index contributed by atoms with van der Waals surface area (Å²) in [5.41, 5.74) is 0. The van der Waals surface area contributed by atoms with E-state index in [-0.39, 0.29) is 5.97 Å². The summed E-state index contributed by atoms with van der Waals surface area (Å²) in [6.07, 6.45) is 3.16. The molecule has 1 N–H and O–H groups in total. The lowest BCUT2D eigenvalue weighted by atomic mass is 10.2. The summed E-state index contributed by atoms with van der Waals surface area (Å²) in [6, 6.07) is 0.503. The summed E-state index contributed by atoms with van der Waals surface area (Å²) in [4.78, 5) is 13.8. The van der Waals surface area contributed by atoms with Crippen molar-refractivity contribution >= 4 is 5.97 Å². The fourth-order valence-electron chi connectivity index (χ4n) is 1.99. The maximum atomic E-state index is 11.6. The number of carbonyl (C=O) groups excluding carboxylic acids is 1. The highest BCUT2D eigenvalue weighted by Gasteiger charge is 2.23. The average molecular weight is 228 g/mol. The Kier molecular flexibility index (Phi) is 6.42. The monoisotopic (exact) mass is 228 g/mol. The van der Waals surface area contributed by atoms with Crippen LogP contribution in [0.5, 0.6) is 0 Å². The third kappa shape index (κ3) is 4.49. The van der Waals surface area contributed by atoms with Gasteiger partial charge in [0, 0.05) is 12.6 Å². The first kappa shape index (κ1) is 13.5. The first-order valence-corrected chi connectivity index (χ1v) is 6.38. The van der Waals surface area contributed by atoms with Crippen molar-refractivity contribution in [3.8, 4) is 0 Å². The minimum atomic E-state index is -0.0813. The molecule has 1 saturated heterocycles. The van der Waals surface area contributed by atoms with E-state index in [0.717, 1.165) is 38.9 Å². The molecular weight excluding hydrogens is 204 g/mol. The number of likely N-dealkylation sites (N-methyl/N-ethyl adjacent to an activating group) is 1. The molecule has 0 saturated carbocycles. The Balaban J connectivity index is 2.23. The summed E-state index contributed by atoms with van der Waals surface area (Å²) in [7, 11) is 0. The number of hydrogen-bond acceptors (Lipinski definition) is 4. The van der Waals surface area contributed by atoms with Gasteiger partial charge in [-0.2, -0.15) is 0 Å². The second-order valence-electron chi connectivity index (χ2n) is 4.28. The predicted octanol–water partition coefficient (Wildman–Crippen LogP) is 1.01. The van der Waals surface area contributed by atoms with E-state index in [1.165, 1.54) is 0 Å². The Morgan fingerprint density at radius 1 is 1.50 bits per heavy atom. The van der Waals surface area contributed by atoms with Gasteiger partial charge < -0.3 is 10.1 Å². The van der Waals surface area contributed by atoms with Gasteiger partial charge in [-0.1, -0.05) is 20.3 Å². The highest BCUT2D eigenvalue weighted by atomic mass is 16.5.